The second-order valence-corrected chi connectivity index (χ2v) is 7.21. The Morgan fingerprint density at radius 2 is 1.80 bits per heavy atom. The van der Waals surface area contributed by atoms with E-state index < -0.39 is 10.0 Å². The first-order chi connectivity index (χ1) is 9.48. The molecule has 1 aliphatic heterocycles. The van der Waals surface area contributed by atoms with Gasteiger partial charge in [-0.3, -0.25) is 4.31 Å². The minimum Gasteiger partial charge on any atom is -0.266 e. The van der Waals surface area contributed by atoms with Crippen LogP contribution in [0.25, 0.3) is 0 Å². The first-order valence-electron chi connectivity index (χ1n) is 6.36. The molecule has 0 radical (unpaired) electrons. The highest BCUT2D eigenvalue weighted by atomic mass is 35.5. The molecule has 0 unspecified atom stereocenters. The molecule has 104 valence electrons. The van der Waals surface area contributed by atoms with E-state index in [2.05, 4.69) is 0 Å². The van der Waals surface area contributed by atoms with Gasteiger partial charge in [0.2, 0.25) is 0 Å². The number of fused-ring (bicyclic) bond motifs is 1. The zero-order valence-corrected chi connectivity index (χ0v) is 12.6. The molecule has 0 N–H and O–H groups in total. The summed E-state index contributed by atoms with van der Waals surface area (Å²) in [6.07, 6.45) is 0.695. The van der Waals surface area contributed by atoms with Crippen LogP contribution in [0.4, 0.5) is 5.69 Å². The van der Waals surface area contributed by atoms with Gasteiger partial charge >= 0.3 is 0 Å². The van der Waals surface area contributed by atoms with E-state index >= 15 is 0 Å². The van der Waals surface area contributed by atoms with Crippen LogP contribution in [0.2, 0.25) is 5.02 Å². The molecule has 0 atom stereocenters. The van der Waals surface area contributed by atoms with Gasteiger partial charge in [0.1, 0.15) is 0 Å². The van der Waals surface area contributed by atoms with Gasteiger partial charge in [0.25, 0.3) is 10.0 Å². The van der Waals surface area contributed by atoms with E-state index in [9.17, 15) is 8.42 Å². The molecular weight excluding hydrogens is 294 g/mol. The molecule has 2 aromatic carbocycles. The quantitative estimate of drug-likeness (QED) is 0.852. The van der Waals surface area contributed by atoms with Crippen molar-refractivity contribution in [3.63, 3.8) is 0 Å². The smallest absolute Gasteiger partial charge is 0.264 e. The summed E-state index contributed by atoms with van der Waals surface area (Å²) in [7, 11) is -3.49. The second-order valence-electron chi connectivity index (χ2n) is 4.91. The van der Waals surface area contributed by atoms with Gasteiger partial charge in [-0.2, -0.15) is 0 Å². The number of sulfonamides is 1. The summed E-state index contributed by atoms with van der Waals surface area (Å²) >= 11 is 5.95. The van der Waals surface area contributed by atoms with Crippen LogP contribution in [0.1, 0.15) is 11.1 Å². The summed E-state index contributed by atoms with van der Waals surface area (Å²) < 4.78 is 26.8. The molecule has 0 aromatic heterocycles. The monoisotopic (exact) mass is 307 g/mol. The second kappa shape index (κ2) is 4.79. The summed E-state index contributed by atoms with van der Waals surface area (Å²) in [5, 5.41) is 0.637. The standard InChI is InChI=1S/C15H14ClNO2S/c1-11-2-5-14(6-3-11)20(18,19)17-9-8-12-10-13(16)4-7-15(12)17/h2-7,10H,8-9H2,1H3. The molecular formula is C15H14ClNO2S. The zero-order valence-electron chi connectivity index (χ0n) is 11.0. The lowest BCUT2D eigenvalue weighted by Gasteiger charge is -2.19. The van der Waals surface area contributed by atoms with Crippen LogP contribution in [-0.4, -0.2) is 15.0 Å². The number of hydrogen-bond donors (Lipinski definition) is 0. The summed E-state index contributed by atoms with van der Waals surface area (Å²) in [6.45, 7) is 2.40. The van der Waals surface area contributed by atoms with E-state index in [1.807, 2.05) is 25.1 Å². The topological polar surface area (TPSA) is 37.4 Å². The Morgan fingerprint density at radius 1 is 1.10 bits per heavy atom. The van der Waals surface area contributed by atoms with Gasteiger partial charge in [0.15, 0.2) is 0 Å². The van der Waals surface area contributed by atoms with Gasteiger partial charge in [-0.15, -0.1) is 0 Å². The van der Waals surface area contributed by atoms with Crippen LogP contribution in [-0.2, 0) is 16.4 Å². The molecule has 0 bridgehead atoms. The lowest BCUT2D eigenvalue weighted by atomic mass is 10.2. The molecule has 0 saturated heterocycles. The van der Waals surface area contributed by atoms with Crippen LogP contribution >= 0.6 is 11.6 Å². The lowest BCUT2D eigenvalue weighted by molar-refractivity contribution is 0.592. The molecule has 5 heteroatoms. The minimum atomic E-state index is -3.49. The van der Waals surface area contributed by atoms with Crippen molar-refractivity contribution in [1.29, 1.82) is 0 Å². The number of benzene rings is 2. The van der Waals surface area contributed by atoms with Crippen molar-refractivity contribution in [2.45, 2.75) is 18.2 Å². The Hall–Kier alpha value is -1.52. The highest BCUT2D eigenvalue weighted by Gasteiger charge is 2.30. The molecule has 1 aliphatic rings. The van der Waals surface area contributed by atoms with E-state index in [-0.39, 0.29) is 0 Å². The molecule has 0 spiro atoms. The molecule has 0 aliphatic carbocycles. The Kier molecular flexibility index (Phi) is 3.22. The summed E-state index contributed by atoms with van der Waals surface area (Å²) in [4.78, 5) is 0.325. The maximum Gasteiger partial charge on any atom is 0.264 e. The maximum atomic E-state index is 12.7. The van der Waals surface area contributed by atoms with Crippen molar-refractivity contribution in [1.82, 2.24) is 0 Å². The molecule has 3 nitrogen and oxygen atoms in total. The van der Waals surface area contributed by atoms with E-state index in [1.54, 1.807) is 24.3 Å². The molecule has 0 fully saturated rings. The van der Waals surface area contributed by atoms with E-state index in [0.717, 1.165) is 16.8 Å². The zero-order chi connectivity index (χ0) is 14.3. The summed E-state index contributed by atoms with van der Waals surface area (Å²) in [6, 6.07) is 12.3. The Bertz CT molecular complexity index is 754. The number of halogens is 1. The van der Waals surface area contributed by atoms with Crippen LogP contribution in [0.3, 0.4) is 0 Å². The number of nitrogens with zero attached hydrogens (tertiary/aromatic N) is 1. The SMILES string of the molecule is Cc1ccc(S(=O)(=O)N2CCc3cc(Cl)ccc32)cc1. The van der Waals surface area contributed by atoms with Crippen LogP contribution in [0.5, 0.6) is 0 Å². The average Bonchev–Trinajstić information content (AvgIpc) is 2.82. The fourth-order valence-corrected chi connectivity index (χ4v) is 4.13. The van der Waals surface area contributed by atoms with Crippen molar-refractivity contribution in [2.24, 2.45) is 0 Å². The van der Waals surface area contributed by atoms with Crippen LogP contribution in [0, 0.1) is 6.92 Å². The van der Waals surface area contributed by atoms with Crippen molar-refractivity contribution in [3.8, 4) is 0 Å². The predicted molar refractivity (Wildman–Crippen MR) is 80.9 cm³/mol. The van der Waals surface area contributed by atoms with Gasteiger partial charge < -0.3 is 0 Å². The normalized spacial score (nSPS) is 14.4. The van der Waals surface area contributed by atoms with Gasteiger partial charge in [-0.1, -0.05) is 29.3 Å². The van der Waals surface area contributed by atoms with Gasteiger partial charge in [-0.25, -0.2) is 8.42 Å². The van der Waals surface area contributed by atoms with Gasteiger partial charge in [-0.05, 0) is 49.2 Å². The average molecular weight is 308 g/mol. The first kappa shape index (κ1) is 13.5. The molecule has 2 aromatic rings. The number of anilines is 1. The molecule has 1 heterocycles. The Labute approximate surface area is 123 Å². The highest BCUT2D eigenvalue weighted by Crippen LogP contribution is 2.34. The van der Waals surface area contributed by atoms with Crippen LogP contribution < -0.4 is 4.31 Å². The van der Waals surface area contributed by atoms with Gasteiger partial charge in [0.05, 0.1) is 10.6 Å². The predicted octanol–water partition coefficient (Wildman–Crippen LogP) is 3.40. The van der Waals surface area contributed by atoms with Gasteiger partial charge in [0, 0.05) is 11.6 Å². The highest BCUT2D eigenvalue weighted by molar-refractivity contribution is 7.92. The molecule has 3 rings (SSSR count). The van der Waals surface area contributed by atoms with E-state index in [0.29, 0.717) is 22.9 Å². The van der Waals surface area contributed by atoms with E-state index in [4.69, 9.17) is 11.6 Å². The van der Waals surface area contributed by atoms with Crippen molar-refractivity contribution < 1.29 is 8.42 Å². The fraction of sp³-hybridized carbons (Fsp3) is 0.200. The van der Waals surface area contributed by atoms with Crippen molar-refractivity contribution in [2.75, 3.05) is 10.8 Å². The van der Waals surface area contributed by atoms with Crippen molar-refractivity contribution in [3.05, 3.63) is 58.6 Å². The summed E-state index contributed by atoms with van der Waals surface area (Å²) in [5.74, 6) is 0. The number of hydrogen-bond acceptors (Lipinski definition) is 2. The van der Waals surface area contributed by atoms with Crippen molar-refractivity contribution >= 4 is 27.3 Å². The van der Waals surface area contributed by atoms with E-state index in [1.165, 1.54) is 4.31 Å². The molecule has 0 saturated carbocycles. The summed E-state index contributed by atoms with van der Waals surface area (Å²) in [5.41, 5.74) is 2.75. The third-order valence-electron chi connectivity index (χ3n) is 3.50. The largest absolute Gasteiger partial charge is 0.266 e. The Balaban J connectivity index is 2.05. The molecule has 20 heavy (non-hydrogen) atoms. The number of rotatable bonds is 2. The first-order valence-corrected chi connectivity index (χ1v) is 8.18. The number of aryl methyl sites for hydroxylation is 1. The molecule has 0 amide bonds. The van der Waals surface area contributed by atoms with Crippen LogP contribution in [0.15, 0.2) is 47.4 Å². The lowest BCUT2D eigenvalue weighted by Crippen LogP contribution is -2.29. The third kappa shape index (κ3) is 2.19. The minimum absolute atomic E-state index is 0.325. The third-order valence-corrected chi connectivity index (χ3v) is 5.57. The maximum absolute atomic E-state index is 12.7. The Morgan fingerprint density at radius 3 is 2.50 bits per heavy atom. The fourth-order valence-electron chi connectivity index (χ4n) is 2.43.